The monoisotopic (exact) mass is 231 g/mol. The zero-order chi connectivity index (χ0) is 12.3. The van der Waals surface area contributed by atoms with Crippen molar-refractivity contribution in [1.29, 1.82) is 5.41 Å². The number of piperidine rings is 1. The molecule has 4 heteroatoms. The van der Waals surface area contributed by atoms with Crippen molar-refractivity contribution in [2.24, 2.45) is 0 Å². The molecular formula is C13H17N3O. The summed E-state index contributed by atoms with van der Waals surface area (Å²) in [6, 6.07) is 7.65. The molecule has 1 aromatic carbocycles. The Hall–Kier alpha value is -1.84. The first-order chi connectivity index (χ1) is 8.16. The topological polar surface area (TPSA) is 56.2 Å². The minimum atomic E-state index is -0.0662. The van der Waals surface area contributed by atoms with Crippen LogP contribution < -0.4 is 10.2 Å². The van der Waals surface area contributed by atoms with Crippen molar-refractivity contribution in [3.8, 4) is 0 Å². The average molecular weight is 231 g/mol. The molecule has 0 aliphatic carbocycles. The van der Waals surface area contributed by atoms with Gasteiger partial charge in [0.15, 0.2) is 0 Å². The van der Waals surface area contributed by atoms with Crippen LogP contribution in [0.5, 0.6) is 0 Å². The molecule has 2 N–H and O–H groups in total. The van der Waals surface area contributed by atoms with E-state index in [1.54, 1.807) is 0 Å². The molecule has 1 aliphatic heterocycles. The van der Waals surface area contributed by atoms with E-state index in [9.17, 15) is 4.79 Å². The Morgan fingerprint density at radius 3 is 2.59 bits per heavy atom. The van der Waals surface area contributed by atoms with Gasteiger partial charge in [-0.05, 0) is 37.1 Å². The van der Waals surface area contributed by atoms with Crippen molar-refractivity contribution in [3.63, 3.8) is 0 Å². The number of hydrogen-bond acceptors (Lipinski definition) is 2. The standard InChI is InChI=1S/C13H17N3O/c1-10(17)15-11-5-7-12(8-6-11)16-9-3-2-4-13(16)14/h5-8,14H,2-4,9H2,1H3,(H,15,17). The van der Waals surface area contributed by atoms with Crippen LogP contribution >= 0.6 is 0 Å². The molecule has 90 valence electrons. The second-order valence-corrected chi connectivity index (χ2v) is 4.28. The number of nitrogens with zero attached hydrogens (tertiary/aromatic N) is 1. The highest BCUT2D eigenvalue weighted by Gasteiger charge is 2.16. The maximum atomic E-state index is 10.9. The Labute approximate surface area is 101 Å². The normalized spacial score (nSPS) is 15.8. The summed E-state index contributed by atoms with van der Waals surface area (Å²) in [5.41, 5.74) is 1.83. The third kappa shape index (κ3) is 2.84. The second kappa shape index (κ2) is 4.99. The van der Waals surface area contributed by atoms with Crippen molar-refractivity contribution < 1.29 is 4.79 Å². The van der Waals surface area contributed by atoms with E-state index >= 15 is 0 Å². The van der Waals surface area contributed by atoms with E-state index in [1.807, 2.05) is 29.2 Å². The highest BCUT2D eigenvalue weighted by molar-refractivity contribution is 5.96. The lowest BCUT2D eigenvalue weighted by atomic mass is 10.1. The predicted molar refractivity (Wildman–Crippen MR) is 69.7 cm³/mol. The molecule has 0 atom stereocenters. The summed E-state index contributed by atoms with van der Waals surface area (Å²) in [6.07, 6.45) is 3.10. The number of rotatable bonds is 2. The number of hydrogen-bond donors (Lipinski definition) is 2. The lowest BCUT2D eigenvalue weighted by molar-refractivity contribution is -0.114. The van der Waals surface area contributed by atoms with E-state index in [1.165, 1.54) is 6.92 Å². The Morgan fingerprint density at radius 2 is 2.00 bits per heavy atom. The number of carbonyl (C=O) groups excluding carboxylic acids is 1. The van der Waals surface area contributed by atoms with Gasteiger partial charge in [-0.25, -0.2) is 0 Å². The van der Waals surface area contributed by atoms with Gasteiger partial charge in [0.2, 0.25) is 5.91 Å². The molecule has 0 saturated carbocycles. The minimum Gasteiger partial charge on any atom is -0.330 e. The van der Waals surface area contributed by atoms with Crippen molar-refractivity contribution in [1.82, 2.24) is 0 Å². The molecule has 1 amide bonds. The molecule has 4 nitrogen and oxygen atoms in total. The van der Waals surface area contributed by atoms with E-state index in [2.05, 4.69) is 5.32 Å². The smallest absolute Gasteiger partial charge is 0.221 e. The van der Waals surface area contributed by atoms with E-state index in [4.69, 9.17) is 5.41 Å². The summed E-state index contributed by atoms with van der Waals surface area (Å²) < 4.78 is 0. The molecule has 1 aromatic rings. The third-order valence-electron chi connectivity index (χ3n) is 2.87. The Bertz CT molecular complexity index is 425. The number of nitrogens with one attached hydrogen (secondary N) is 2. The van der Waals surface area contributed by atoms with Gasteiger partial charge in [-0.15, -0.1) is 0 Å². The van der Waals surface area contributed by atoms with Crippen molar-refractivity contribution in [2.45, 2.75) is 26.2 Å². The van der Waals surface area contributed by atoms with Crippen LogP contribution in [-0.2, 0) is 4.79 Å². The number of benzene rings is 1. The van der Waals surface area contributed by atoms with E-state index in [0.29, 0.717) is 5.84 Å². The summed E-state index contributed by atoms with van der Waals surface area (Å²) in [6.45, 7) is 2.41. The fourth-order valence-corrected chi connectivity index (χ4v) is 2.05. The van der Waals surface area contributed by atoms with E-state index in [0.717, 1.165) is 37.2 Å². The maximum absolute atomic E-state index is 10.9. The largest absolute Gasteiger partial charge is 0.330 e. The van der Waals surface area contributed by atoms with Crippen LogP contribution in [0.4, 0.5) is 11.4 Å². The minimum absolute atomic E-state index is 0.0662. The highest BCUT2D eigenvalue weighted by atomic mass is 16.1. The zero-order valence-corrected chi connectivity index (χ0v) is 9.99. The molecule has 0 radical (unpaired) electrons. The van der Waals surface area contributed by atoms with Crippen LogP contribution in [0.2, 0.25) is 0 Å². The Kier molecular flexibility index (Phi) is 3.42. The average Bonchev–Trinajstić information content (AvgIpc) is 2.30. The zero-order valence-electron chi connectivity index (χ0n) is 9.99. The number of amidine groups is 1. The van der Waals surface area contributed by atoms with E-state index < -0.39 is 0 Å². The highest BCUT2D eigenvalue weighted by Crippen LogP contribution is 2.22. The van der Waals surface area contributed by atoms with Gasteiger partial charge < -0.3 is 10.2 Å². The second-order valence-electron chi connectivity index (χ2n) is 4.28. The lowest BCUT2D eigenvalue weighted by Gasteiger charge is -2.29. The van der Waals surface area contributed by atoms with Gasteiger partial charge in [-0.1, -0.05) is 0 Å². The van der Waals surface area contributed by atoms with Crippen LogP contribution in [0.1, 0.15) is 26.2 Å². The van der Waals surface area contributed by atoms with Gasteiger partial charge in [-0.3, -0.25) is 10.2 Å². The molecular weight excluding hydrogens is 214 g/mol. The maximum Gasteiger partial charge on any atom is 0.221 e. The van der Waals surface area contributed by atoms with Gasteiger partial charge in [0.25, 0.3) is 0 Å². The van der Waals surface area contributed by atoms with Crippen molar-refractivity contribution >= 4 is 23.1 Å². The van der Waals surface area contributed by atoms with Crippen LogP contribution in [-0.4, -0.2) is 18.3 Å². The molecule has 0 spiro atoms. The fourth-order valence-electron chi connectivity index (χ4n) is 2.05. The molecule has 0 bridgehead atoms. The number of amides is 1. The Morgan fingerprint density at radius 1 is 1.29 bits per heavy atom. The Balaban J connectivity index is 2.11. The molecule has 0 unspecified atom stereocenters. The van der Waals surface area contributed by atoms with Gasteiger partial charge >= 0.3 is 0 Å². The summed E-state index contributed by atoms with van der Waals surface area (Å²) in [4.78, 5) is 12.9. The van der Waals surface area contributed by atoms with Crippen LogP contribution in [0, 0.1) is 5.41 Å². The molecule has 2 rings (SSSR count). The van der Waals surface area contributed by atoms with E-state index in [-0.39, 0.29) is 5.91 Å². The lowest BCUT2D eigenvalue weighted by Crippen LogP contribution is -2.34. The van der Waals surface area contributed by atoms with Crippen molar-refractivity contribution in [2.75, 3.05) is 16.8 Å². The first-order valence-electron chi connectivity index (χ1n) is 5.89. The van der Waals surface area contributed by atoms with Gasteiger partial charge in [-0.2, -0.15) is 0 Å². The third-order valence-corrected chi connectivity index (χ3v) is 2.87. The van der Waals surface area contributed by atoms with Gasteiger partial charge in [0.1, 0.15) is 5.84 Å². The summed E-state index contributed by atoms with van der Waals surface area (Å²) in [5, 5.41) is 10.6. The molecule has 1 fully saturated rings. The summed E-state index contributed by atoms with van der Waals surface area (Å²) in [5.74, 6) is 0.618. The summed E-state index contributed by atoms with van der Waals surface area (Å²) >= 11 is 0. The molecule has 1 saturated heterocycles. The number of carbonyl (C=O) groups is 1. The molecule has 1 heterocycles. The predicted octanol–water partition coefficient (Wildman–Crippen LogP) is 2.61. The van der Waals surface area contributed by atoms with Crippen LogP contribution in [0.3, 0.4) is 0 Å². The van der Waals surface area contributed by atoms with Crippen LogP contribution in [0.25, 0.3) is 0 Å². The first-order valence-corrected chi connectivity index (χ1v) is 5.89. The SMILES string of the molecule is CC(=O)Nc1ccc(N2CCCCC2=N)cc1. The first kappa shape index (κ1) is 11.6. The molecule has 1 aliphatic rings. The quantitative estimate of drug-likeness (QED) is 0.822. The van der Waals surface area contributed by atoms with Gasteiger partial charge in [0, 0.05) is 31.3 Å². The van der Waals surface area contributed by atoms with Crippen LogP contribution in [0.15, 0.2) is 24.3 Å². The molecule has 17 heavy (non-hydrogen) atoms. The fraction of sp³-hybridized carbons (Fsp3) is 0.385. The summed E-state index contributed by atoms with van der Waals surface area (Å²) in [7, 11) is 0. The molecule has 0 aromatic heterocycles. The van der Waals surface area contributed by atoms with Crippen molar-refractivity contribution in [3.05, 3.63) is 24.3 Å². The van der Waals surface area contributed by atoms with Gasteiger partial charge in [0.05, 0.1) is 0 Å². The number of anilines is 2.